The Balaban J connectivity index is 1.83. The lowest BCUT2D eigenvalue weighted by Crippen LogP contribution is -2.00. The summed E-state index contributed by atoms with van der Waals surface area (Å²) in [6, 6.07) is 12.3. The second-order valence-corrected chi connectivity index (χ2v) is 5.23. The number of benzene rings is 2. The summed E-state index contributed by atoms with van der Waals surface area (Å²) in [5.74, 6) is -0.430. The van der Waals surface area contributed by atoms with Gasteiger partial charge in [-0.15, -0.1) is 0 Å². The molecule has 2 N–H and O–H groups in total. The molecule has 0 saturated carbocycles. The standard InChI is InChI=1S/C15H11Cl2FN2/c16-11-7-9(5-6-12(11)18)19-8-14-15(17)10-3-1-2-4-13(10)20-14/h1-7,19-20H,8H2. The van der Waals surface area contributed by atoms with E-state index in [1.807, 2.05) is 24.3 Å². The summed E-state index contributed by atoms with van der Waals surface area (Å²) in [5.41, 5.74) is 2.62. The van der Waals surface area contributed by atoms with Gasteiger partial charge in [-0.1, -0.05) is 41.4 Å². The van der Waals surface area contributed by atoms with E-state index in [2.05, 4.69) is 10.3 Å². The van der Waals surface area contributed by atoms with E-state index in [1.54, 1.807) is 12.1 Å². The lowest BCUT2D eigenvalue weighted by molar-refractivity contribution is 0.628. The lowest BCUT2D eigenvalue weighted by atomic mass is 10.2. The van der Waals surface area contributed by atoms with Crippen LogP contribution in [0.15, 0.2) is 42.5 Å². The van der Waals surface area contributed by atoms with E-state index in [0.717, 1.165) is 22.3 Å². The first-order valence-corrected chi connectivity index (χ1v) is 6.85. The number of para-hydroxylation sites is 1. The molecule has 1 heterocycles. The Labute approximate surface area is 125 Å². The van der Waals surface area contributed by atoms with E-state index in [9.17, 15) is 4.39 Å². The van der Waals surface area contributed by atoms with Gasteiger partial charge in [0.25, 0.3) is 0 Å². The number of aromatic amines is 1. The third kappa shape index (κ3) is 2.47. The summed E-state index contributed by atoms with van der Waals surface area (Å²) in [6.45, 7) is 0.509. The number of anilines is 1. The molecule has 0 bridgehead atoms. The molecule has 2 aromatic carbocycles. The van der Waals surface area contributed by atoms with Crippen molar-refractivity contribution in [3.63, 3.8) is 0 Å². The molecule has 0 aliphatic carbocycles. The van der Waals surface area contributed by atoms with Crippen LogP contribution >= 0.6 is 23.2 Å². The second kappa shape index (κ2) is 5.35. The van der Waals surface area contributed by atoms with Gasteiger partial charge in [0.15, 0.2) is 0 Å². The van der Waals surface area contributed by atoms with Gasteiger partial charge in [-0.3, -0.25) is 0 Å². The Morgan fingerprint density at radius 2 is 1.90 bits per heavy atom. The number of fused-ring (bicyclic) bond motifs is 1. The molecule has 0 spiro atoms. The molecule has 0 unspecified atom stereocenters. The third-order valence-electron chi connectivity index (χ3n) is 3.10. The van der Waals surface area contributed by atoms with Crippen LogP contribution in [0.1, 0.15) is 5.69 Å². The van der Waals surface area contributed by atoms with E-state index < -0.39 is 5.82 Å². The van der Waals surface area contributed by atoms with Crippen LogP contribution in [-0.4, -0.2) is 4.98 Å². The SMILES string of the molecule is Fc1ccc(NCc2[nH]c3ccccc3c2Cl)cc1Cl. The molecule has 5 heteroatoms. The van der Waals surface area contributed by atoms with E-state index >= 15 is 0 Å². The van der Waals surface area contributed by atoms with Gasteiger partial charge in [0.05, 0.1) is 22.3 Å². The number of aromatic nitrogens is 1. The molecule has 0 radical (unpaired) electrons. The summed E-state index contributed by atoms with van der Waals surface area (Å²) in [7, 11) is 0. The molecule has 102 valence electrons. The monoisotopic (exact) mass is 308 g/mol. The fraction of sp³-hybridized carbons (Fsp3) is 0.0667. The maximum atomic E-state index is 13.1. The van der Waals surface area contributed by atoms with Gasteiger partial charge in [-0.05, 0) is 24.3 Å². The van der Waals surface area contributed by atoms with Crippen LogP contribution in [0.3, 0.4) is 0 Å². The molecule has 0 amide bonds. The van der Waals surface area contributed by atoms with Crippen molar-refractivity contribution in [2.75, 3.05) is 5.32 Å². The maximum absolute atomic E-state index is 13.1. The zero-order chi connectivity index (χ0) is 14.1. The fourth-order valence-electron chi connectivity index (χ4n) is 2.08. The zero-order valence-electron chi connectivity index (χ0n) is 10.4. The molecule has 20 heavy (non-hydrogen) atoms. The first-order chi connectivity index (χ1) is 9.65. The highest BCUT2D eigenvalue weighted by Gasteiger charge is 2.09. The Bertz CT molecular complexity index is 768. The van der Waals surface area contributed by atoms with Crippen molar-refractivity contribution in [1.82, 2.24) is 4.98 Å². The van der Waals surface area contributed by atoms with Gasteiger partial charge in [0.2, 0.25) is 0 Å². The Hall–Kier alpha value is -1.71. The Morgan fingerprint density at radius 1 is 1.10 bits per heavy atom. The quantitative estimate of drug-likeness (QED) is 0.681. The molecular weight excluding hydrogens is 298 g/mol. The average Bonchev–Trinajstić information content (AvgIpc) is 2.77. The van der Waals surface area contributed by atoms with E-state index in [1.165, 1.54) is 6.07 Å². The predicted molar refractivity (Wildman–Crippen MR) is 82.0 cm³/mol. The van der Waals surface area contributed by atoms with Gasteiger partial charge >= 0.3 is 0 Å². The summed E-state index contributed by atoms with van der Waals surface area (Å²) in [6.07, 6.45) is 0. The first kappa shape index (κ1) is 13.3. The third-order valence-corrected chi connectivity index (χ3v) is 3.82. The van der Waals surface area contributed by atoms with E-state index in [0.29, 0.717) is 11.6 Å². The minimum Gasteiger partial charge on any atom is -0.379 e. The predicted octanol–water partition coefficient (Wildman–Crippen LogP) is 5.23. The van der Waals surface area contributed by atoms with Gasteiger partial charge in [0.1, 0.15) is 5.82 Å². The van der Waals surface area contributed by atoms with Gasteiger partial charge in [0, 0.05) is 16.6 Å². The van der Waals surface area contributed by atoms with Crippen LogP contribution < -0.4 is 5.32 Å². The summed E-state index contributed by atoms with van der Waals surface area (Å²) < 4.78 is 13.1. The van der Waals surface area contributed by atoms with Crippen molar-refractivity contribution in [1.29, 1.82) is 0 Å². The fourth-order valence-corrected chi connectivity index (χ4v) is 2.54. The highest BCUT2D eigenvalue weighted by molar-refractivity contribution is 6.36. The zero-order valence-corrected chi connectivity index (χ0v) is 11.9. The van der Waals surface area contributed by atoms with Gasteiger partial charge < -0.3 is 10.3 Å². The smallest absolute Gasteiger partial charge is 0.141 e. The van der Waals surface area contributed by atoms with E-state index in [4.69, 9.17) is 23.2 Å². The van der Waals surface area contributed by atoms with Crippen molar-refractivity contribution < 1.29 is 4.39 Å². The molecule has 0 atom stereocenters. The minimum atomic E-state index is -0.430. The number of hydrogen-bond donors (Lipinski definition) is 2. The maximum Gasteiger partial charge on any atom is 0.141 e. The molecular formula is C15H11Cl2FN2. The summed E-state index contributed by atoms with van der Waals surface area (Å²) in [4.78, 5) is 3.26. The topological polar surface area (TPSA) is 27.8 Å². The van der Waals surface area contributed by atoms with Crippen LogP contribution in [0.5, 0.6) is 0 Å². The summed E-state index contributed by atoms with van der Waals surface area (Å²) >= 11 is 12.1. The summed E-state index contributed by atoms with van der Waals surface area (Å²) in [5, 5.41) is 4.94. The second-order valence-electron chi connectivity index (χ2n) is 4.45. The Morgan fingerprint density at radius 3 is 2.65 bits per heavy atom. The molecule has 0 aliphatic rings. The molecule has 1 aromatic heterocycles. The van der Waals surface area contributed by atoms with Crippen molar-refractivity contribution >= 4 is 39.8 Å². The van der Waals surface area contributed by atoms with Crippen molar-refractivity contribution in [2.24, 2.45) is 0 Å². The molecule has 2 nitrogen and oxygen atoms in total. The van der Waals surface area contributed by atoms with Crippen LogP contribution in [0.2, 0.25) is 10.0 Å². The van der Waals surface area contributed by atoms with Crippen LogP contribution in [-0.2, 0) is 6.54 Å². The average molecular weight is 309 g/mol. The number of hydrogen-bond acceptors (Lipinski definition) is 1. The van der Waals surface area contributed by atoms with Crippen LogP contribution in [0.4, 0.5) is 10.1 Å². The highest BCUT2D eigenvalue weighted by Crippen LogP contribution is 2.28. The lowest BCUT2D eigenvalue weighted by Gasteiger charge is -2.06. The van der Waals surface area contributed by atoms with Gasteiger partial charge in [-0.2, -0.15) is 0 Å². The normalized spacial score (nSPS) is 10.9. The molecule has 0 aliphatic heterocycles. The molecule has 3 rings (SSSR count). The first-order valence-electron chi connectivity index (χ1n) is 6.09. The molecule has 0 fully saturated rings. The number of H-pyrrole nitrogens is 1. The number of halogens is 3. The largest absolute Gasteiger partial charge is 0.379 e. The van der Waals surface area contributed by atoms with Crippen molar-refractivity contribution in [3.05, 3.63) is 64.0 Å². The highest BCUT2D eigenvalue weighted by atomic mass is 35.5. The Kier molecular flexibility index (Phi) is 3.55. The van der Waals surface area contributed by atoms with Crippen LogP contribution in [0.25, 0.3) is 10.9 Å². The van der Waals surface area contributed by atoms with Crippen LogP contribution in [0, 0.1) is 5.82 Å². The van der Waals surface area contributed by atoms with E-state index in [-0.39, 0.29) is 5.02 Å². The number of rotatable bonds is 3. The van der Waals surface area contributed by atoms with Crippen molar-refractivity contribution in [2.45, 2.75) is 6.54 Å². The minimum absolute atomic E-state index is 0.0951. The molecule has 0 saturated heterocycles. The van der Waals surface area contributed by atoms with Crippen molar-refractivity contribution in [3.8, 4) is 0 Å². The molecule has 3 aromatic rings. The number of nitrogens with one attached hydrogen (secondary N) is 2. The van der Waals surface area contributed by atoms with Gasteiger partial charge in [-0.25, -0.2) is 4.39 Å².